The third kappa shape index (κ3) is 12.1. The van der Waals surface area contributed by atoms with Crippen molar-refractivity contribution in [3.63, 3.8) is 0 Å². The fraction of sp³-hybridized carbons (Fsp3) is 0. The number of hydrogen-bond acceptors (Lipinski definition) is 20. The van der Waals surface area contributed by atoms with E-state index < -0.39 is 106 Å². The van der Waals surface area contributed by atoms with Crippen molar-refractivity contribution in [1.29, 1.82) is 0 Å². The van der Waals surface area contributed by atoms with Crippen LogP contribution in [0.3, 0.4) is 0 Å². The van der Waals surface area contributed by atoms with E-state index in [9.17, 15) is 71.1 Å². The molecule has 0 saturated heterocycles. The smallest absolute Gasteiger partial charge is 0.744 e. The van der Waals surface area contributed by atoms with E-state index in [-0.39, 0.29) is 127 Å². The number of nitrogens with one attached hydrogen (secondary N) is 4. The van der Waals surface area contributed by atoms with E-state index in [4.69, 9.17) is 11.5 Å². The molecule has 0 spiro atoms. The Morgan fingerprint density at radius 1 is 0.338 bits per heavy atom. The first-order valence-corrected chi connectivity index (χ1v) is 28.0. The minimum atomic E-state index is -5.20. The van der Waals surface area contributed by atoms with Crippen molar-refractivity contribution in [1.82, 2.24) is 0 Å². The van der Waals surface area contributed by atoms with Crippen molar-refractivity contribution in [3.05, 3.63) is 202 Å². The normalized spacial score (nSPS) is 12.7. The van der Waals surface area contributed by atoms with Crippen molar-refractivity contribution < 1.29 is 130 Å². The molecule has 0 unspecified atom stereocenters. The maximum atomic E-state index is 13.4. The van der Waals surface area contributed by atoms with Crippen LogP contribution in [0.5, 0.6) is 0 Å². The minimum Gasteiger partial charge on any atom is -0.744 e. The summed E-state index contributed by atoms with van der Waals surface area (Å²) in [7, 11) is -19.9. The number of fused-ring (bicyclic) bond motifs is 4. The number of benzene rings is 8. The minimum absolute atomic E-state index is 0. The van der Waals surface area contributed by atoms with Crippen LogP contribution in [0.1, 0.15) is 63.7 Å². The number of nitrogens with two attached hydrogens (primary N) is 2. The number of carbonyl (C=O) groups is 4. The molecule has 0 aromatic heterocycles. The standard InChI is InChI=1S/2C26H19N3O8S2.2Na/c2*27-24-21(39(35,36)37)13-19(22-23(24)26(31)17-9-5-4-8-16(17)25(22)30)29-15-10-11-18(20(12-15)38(32,33)34)28-14-6-2-1-3-7-14;;/h2*1-13,28-29H,27H2,(H,32,33,34)(H,35,36,37);;/q;;2*+1/p-2. The summed E-state index contributed by atoms with van der Waals surface area (Å²) in [6.07, 6.45) is 0. The second-order valence-electron chi connectivity index (χ2n) is 17.1. The van der Waals surface area contributed by atoms with Crippen molar-refractivity contribution in [3.8, 4) is 0 Å². The van der Waals surface area contributed by atoms with Gasteiger partial charge in [-0.05, 0) is 72.8 Å². The summed E-state index contributed by atoms with van der Waals surface area (Å²) < 4.78 is 141. The molecule has 0 radical (unpaired) electrons. The van der Waals surface area contributed by atoms with E-state index in [1.54, 1.807) is 72.8 Å². The molecular weight excluding hydrogens is 1140 g/mol. The van der Waals surface area contributed by atoms with Gasteiger partial charge in [0.05, 0.1) is 66.2 Å². The molecule has 28 heteroatoms. The predicted octanol–water partition coefficient (Wildman–Crippen LogP) is 1.37. The summed E-state index contributed by atoms with van der Waals surface area (Å²) in [5.41, 5.74) is 9.62. The van der Waals surface area contributed by atoms with Crippen LogP contribution in [0.15, 0.2) is 177 Å². The molecule has 22 nitrogen and oxygen atoms in total. The average Bonchev–Trinajstić information content (AvgIpc) is 3.58. The maximum absolute atomic E-state index is 13.4. The Morgan fingerprint density at radius 3 is 0.900 bits per heavy atom. The zero-order valence-electron chi connectivity index (χ0n) is 41.4. The summed E-state index contributed by atoms with van der Waals surface area (Å²) >= 11 is 0. The third-order valence-electron chi connectivity index (χ3n) is 12.1. The molecule has 8 aromatic rings. The van der Waals surface area contributed by atoms with Crippen molar-refractivity contribution in [2.45, 2.75) is 19.6 Å². The summed E-state index contributed by atoms with van der Waals surface area (Å²) in [6, 6.07) is 37.9. The number of para-hydroxylation sites is 2. The van der Waals surface area contributed by atoms with Gasteiger partial charge in [0.25, 0.3) is 20.2 Å². The SMILES string of the molecule is Nc1c(S(=O)(=O)[O-])cc(Nc2ccc(Nc3ccccc3)c(S(=O)(=O)O)c2)c2c1C(=O)c1ccccc1C2=O.Nc1c(S(=O)(=O)[O-])cc(Nc2ccc(Nc3ccccc3)c(S(=O)(=O)O)c2)c2c1C(=O)c1ccccc1C2=O.[Na+].[Na+]. The van der Waals surface area contributed by atoms with Crippen molar-refractivity contribution >= 4 is 120 Å². The average molecular weight is 1180 g/mol. The van der Waals surface area contributed by atoms with E-state index in [0.29, 0.717) is 11.4 Å². The van der Waals surface area contributed by atoms with Gasteiger partial charge in [-0.25, -0.2) is 16.8 Å². The van der Waals surface area contributed by atoms with Gasteiger partial charge in [-0.15, -0.1) is 0 Å². The second kappa shape index (κ2) is 23.2. The van der Waals surface area contributed by atoms with Crippen molar-refractivity contribution in [2.75, 3.05) is 32.7 Å². The quantitative estimate of drug-likeness (QED) is 0.0486. The molecule has 2 aliphatic carbocycles. The molecule has 8 aromatic carbocycles. The van der Waals surface area contributed by atoms with Gasteiger partial charge in [-0.3, -0.25) is 28.3 Å². The van der Waals surface area contributed by atoms with Gasteiger partial charge in [0, 0.05) is 45.0 Å². The van der Waals surface area contributed by atoms with E-state index in [2.05, 4.69) is 21.3 Å². The van der Waals surface area contributed by atoms with Crippen LogP contribution in [0.25, 0.3) is 0 Å². The number of carbonyl (C=O) groups excluding carboxylic acids is 4. The van der Waals surface area contributed by atoms with E-state index in [1.807, 2.05) is 0 Å². The predicted molar refractivity (Wildman–Crippen MR) is 283 cm³/mol. The Balaban J connectivity index is 0.000000225. The molecule has 0 fully saturated rings. The zero-order valence-corrected chi connectivity index (χ0v) is 48.7. The number of hydrogen-bond donors (Lipinski definition) is 8. The largest absolute Gasteiger partial charge is 1.00 e. The first-order valence-electron chi connectivity index (χ1n) is 22.3. The summed E-state index contributed by atoms with van der Waals surface area (Å²) in [5, 5.41) is 11.2. The Hall–Kier alpha value is -7.12. The first-order chi connectivity index (χ1) is 36.7. The number of nitrogen functional groups attached to an aromatic ring is 2. The fourth-order valence-electron chi connectivity index (χ4n) is 8.70. The van der Waals surface area contributed by atoms with Crippen LogP contribution >= 0.6 is 0 Å². The van der Waals surface area contributed by atoms with Crippen LogP contribution in [0.4, 0.5) is 56.9 Å². The second-order valence-corrected chi connectivity index (χ2v) is 22.6. The van der Waals surface area contributed by atoms with Crippen LogP contribution in [-0.2, 0) is 40.5 Å². The molecule has 0 atom stereocenters. The number of ketones is 4. The summed E-state index contributed by atoms with van der Waals surface area (Å²) in [5.74, 6) is -2.84. The van der Waals surface area contributed by atoms with E-state index in [1.165, 1.54) is 60.7 Å². The summed E-state index contributed by atoms with van der Waals surface area (Å²) in [4.78, 5) is 50.5. The molecule has 0 saturated carbocycles. The molecule has 2 aliphatic rings. The Morgan fingerprint density at radius 2 is 0.613 bits per heavy atom. The first kappa shape index (κ1) is 60.5. The molecule has 396 valence electrons. The maximum Gasteiger partial charge on any atom is 1.00 e. The van der Waals surface area contributed by atoms with Crippen LogP contribution < -0.4 is 91.8 Å². The zero-order chi connectivity index (χ0) is 56.2. The Labute approximate surface area is 500 Å². The van der Waals surface area contributed by atoms with E-state index in [0.717, 1.165) is 24.3 Å². The Kier molecular flexibility index (Phi) is 17.5. The Bertz CT molecular complexity index is 4100. The number of rotatable bonds is 12. The molecule has 80 heavy (non-hydrogen) atoms. The van der Waals surface area contributed by atoms with Gasteiger partial charge in [0.15, 0.2) is 23.1 Å². The van der Waals surface area contributed by atoms with Gasteiger partial charge >= 0.3 is 59.1 Å². The molecule has 10 N–H and O–H groups in total. The van der Waals surface area contributed by atoms with Crippen LogP contribution in [0.2, 0.25) is 0 Å². The van der Waals surface area contributed by atoms with Crippen LogP contribution in [0, 0.1) is 0 Å². The van der Waals surface area contributed by atoms with Crippen molar-refractivity contribution in [2.24, 2.45) is 0 Å². The third-order valence-corrected chi connectivity index (χ3v) is 15.7. The monoisotopic (exact) mass is 1170 g/mol. The summed E-state index contributed by atoms with van der Waals surface area (Å²) in [6.45, 7) is 0. The molecule has 0 amide bonds. The van der Waals surface area contributed by atoms with Gasteiger partial charge in [0.2, 0.25) is 0 Å². The van der Waals surface area contributed by atoms with Gasteiger partial charge < -0.3 is 41.8 Å². The molecule has 0 bridgehead atoms. The molecule has 0 aliphatic heterocycles. The fourth-order valence-corrected chi connectivity index (χ4v) is 11.3. The van der Waals surface area contributed by atoms with Gasteiger partial charge in [0.1, 0.15) is 30.0 Å². The topological polar surface area (TPSA) is 392 Å². The van der Waals surface area contributed by atoms with Gasteiger partial charge in [-0.2, -0.15) is 16.8 Å². The van der Waals surface area contributed by atoms with Crippen LogP contribution in [-0.4, -0.2) is 75.0 Å². The molecule has 10 rings (SSSR count). The van der Waals surface area contributed by atoms with E-state index >= 15 is 0 Å². The molecule has 0 heterocycles. The molecular formula is C52H36N6Na2O16S4. The number of anilines is 10. The van der Waals surface area contributed by atoms with Gasteiger partial charge in [-0.1, -0.05) is 84.9 Å².